The molecule has 0 aromatic heterocycles. The zero-order valence-electron chi connectivity index (χ0n) is 7.06. The SMILES string of the molecule is COC[C@H]1C[C@@H](C(=O)O)N(P)C1. The lowest BCUT2D eigenvalue weighted by Crippen LogP contribution is -2.28. The van der Waals surface area contributed by atoms with Crippen LogP contribution >= 0.6 is 9.39 Å². The zero-order chi connectivity index (χ0) is 9.14. The maximum atomic E-state index is 10.7. The van der Waals surface area contributed by atoms with E-state index in [-0.39, 0.29) is 6.04 Å². The number of nitrogens with zero attached hydrogens (tertiary/aromatic N) is 1. The zero-order valence-corrected chi connectivity index (χ0v) is 8.22. The molecule has 1 fully saturated rings. The molecule has 0 aromatic rings. The fourth-order valence-corrected chi connectivity index (χ4v) is 2.10. The molecule has 0 radical (unpaired) electrons. The van der Waals surface area contributed by atoms with Crippen LogP contribution in [0.4, 0.5) is 0 Å². The molecule has 3 atom stereocenters. The van der Waals surface area contributed by atoms with Crippen LogP contribution in [0.3, 0.4) is 0 Å². The first-order valence-electron chi connectivity index (χ1n) is 3.88. The van der Waals surface area contributed by atoms with E-state index in [2.05, 4.69) is 9.39 Å². The first-order valence-corrected chi connectivity index (χ1v) is 4.40. The van der Waals surface area contributed by atoms with Crippen molar-refractivity contribution < 1.29 is 14.6 Å². The second-order valence-electron chi connectivity index (χ2n) is 3.11. The van der Waals surface area contributed by atoms with Crippen molar-refractivity contribution in [2.45, 2.75) is 12.5 Å². The van der Waals surface area contributed by atoms with Crippen molar-refractivity contribution in [3.63, 3.8) is 0 Å². The Morgan fingerprint density at radius 2 is 2.50 bits per heavy atom. The Morgan fingerprint density at radius 1 is 1.83 bits per heavy atom. The van der Waals surface area contributed by atoms with Crippen LogP contribution in [0.15, 0.2) is 0 Å². The van der Waals surface area contributed by atoms with Gasteiger partial charge in [-0.25, -0.2) is 0 Å². The topological polar surface area (TPSA) is 49.8 Å². The molecule has 0 spiro atoms. The van der Waals surface area contributed by atoms with Crippen LogP contribution in [0.5, 0.6) is 0 Å². The van der Waals surface area contributed by atoms with Crippen molar-refractivity contribution in [3.05, 3.63) is 0 Å². The normalized spacial score (nSPS) is 30.8. The quantitative estimate of drug-likeness (QED) is 0.647. The van der Waals surface area contributed by atoms with Crippen LogP contribution in [-0.2, 0) is 9.53 Å². The van der Waals surface area contributed by atoms with Gasteiger partial charge in [-0.2, -0.15) is 0 Å². The molecule has 1 N–H and O–H groups in total. The predicted molar refractivity (Wildman–Crippen MR) is 47.8 cm³/mol. The smallest absolute Gasteiger partial charge is 0.321 e. The summed E-state index contributed by atoms with van der Waals surface area (Å²) in [5.41, 5.74) is 0. The fourth-order valence-electron chi connectivity index (χ4n) is 1.55. The summed E-state index contributed by atoms with van der Waals surface area (Å²) in [4.78, 5) is 10.7. The number of carboxylic acids is 1. The Labute approximate surface area is 74.1 Å². The Bertz CT molecular complexity index is 176. The number of aliphatic carboxylic acids is 1. The first-order chi connectivity index (χ1) is 5.65. The maximum absolute atomic E-state index is 10.7. The summed E-state index contributed by atoms with van der Waals surface area (Å²) in [5, 5.41) is 8.77. The number of rotatable bonds is 3. The summed E-state index contributed by atoms with van der Waals surface area (Å²) in [6, 6.07) is -0.352. The predicted octanol–water partition coefficient (Wildman–Crippen LogP) is 0.198. The first kappa shape index (κ1) is 9.90. The Kier molecular flexibility index (Phi) is 3.44. The highest BCUT2D eigenvalue weighted by molar-refractivity contribution is 7.13. The van der Waals surface area contributed by atoms with Crippen molar-refractivity contribution in [2.75, 3.05) is 20.3 Å². The highest BCUT2D eigenvalue weighted by Crippen LogP contribution is 2.26. The van der Waals surface area contributed by atoms with Gasteiger partial charge < -0.3 is 9.84 Å². The minimum Gasteiger partial charge on any atom is -0.480 e. The standard InChI is InChI=1S/C7H14NO3P/c1-11-4-5-2-6(7(9)10)8(12)3-5/h5-6H,2-4,12H2,1H3,(H,9,10)/t5-,6-/m0/s1. The largest absolute Gasteiger partial charge is 0.480 e. The number of ether oxygens (including phenoxy) is 1. The number of methoxy groups -OCH3 is 1. The van der Waals surface area contributed by atoms with Crippen LogP contribution in [0.1, 0.15) is 6.42 Å². The summed E-state index contributed by atoms with van der Waals surface area (Å²) in [6.45, 7) is 1.43. The molecule has 1 rings (SSSR count). The third kappa shape index (κ3) is 2.16. The number of carboxylic acid groups (broad SMARTS) is 1. The van der Waals surface area contributed by atoms with Gasteiger partial charge in [-0.15, -0.1) is 0 Å². The molecule has 0 aliphatic carbocycles. The van der Waals surface area contributed by atoms with Crippen LogP contribution in [0, 0.1) is 5.92 Å². The number of hydrogen-bond donors (Lipinski definition) is 1. The van der Waals surface area contributed by atoms with E-state index >= 15 is 0 Å². The molecule has 0 bridgehead atoms. The van der Waals surface area contributed by atoms with Crippen molar-refractivity contribution >= 4 is 15.4 Å². The minimum absolute atomic E-state index is 0.352. The molecule has 1 heterocycles. The maximum Gasteiger partial charge on any atom is 0.321 e. The average molecular weight is 191 g/mol. The molecule has 1 aliphatic heterocycles. The third-order valence-electron chi connectivity index (χ3n) is 2.11. The molecule has 0 aromatic carbocycles. The molecular formula is C7H14NO3P. The monoisotopic (exact) mass is 191 g/mol. The van der Waals surface area contributed by atoms with Crippen LogP contribution < -0.4 is 0 Å². The summed E-state index contributed by atoms with van der Waals surface area (Å²) in [5.74, 6) is -0.391. The Balaban J connectivity index is 2.44. The molecule has 1 saturated heterocycles. The minimum atomic E-state index is -0.747. The molecule has 0 amide bonds. The highest BCUT2D eigenvalue weighted by atomic mass is 31.0. The molecule has 1 unspecified atom stereocenters. The van der Waals surface area contributed by atoms with Gasteiger partial charge in [0, 0.05) is 13.7 Å². The Hall–Kier alpha value is -0.180. The molecule has 5 heteroatoms. The van der Waals surface area contributed by atoms with Gasteiger partial charge in [0.15, 0.2) is 0 Å². The molecule has 12 heavy (non-hydrogen) atoms. The van der Waals surface area contributed by atoms with Crippen LogP contribution in [0.2, 0.25) is 0 Å². The van der Waals surface area contributed by atoms with Gasteiger partial charge in [0.25, 0.3) is 0 Å². The second kappa shape index (κ2) is 4.17. The van der Waals surface area contributed by atoms with E-state index in [9.17, 15) is 4.79 Å². The number of carbonyl (C=O) groups is 1. The van der Waals surface area contributed by atoms with E-state index in [0.717, 1.165) is 6.54 Å². The van der Waals surface area contributed by atoms with E-state index in [1.807, 2.05) is 0 Å². The third-order valence-corrected chi connectivity index (χ3v) is 2.68. The average Bonchev–Trinajstić information content (AvgIpc) is 2.32. The summed E-state index contributed by atoms with van der Waals surface area (Å²) in [7, 11) is 4.09. The number of hydrogen-bond acceptors (Lipinski definition) is 3. The summed E-state index contributed by atoms with van der Waals surface area (Å²) < 4.78 is 6.76. The summed E-state index contributed by atoms with van der Waals surface area (Å²) >= 11 is 0. The lowest BCUT2D eigenvalue weighted by Gasteiger charge is -2.12. The van der Waals surface area contributed by atoms with E-state index in [4.69, 9.17) is 9.84 Å². The van der Waals surface area contributed by atoms with Crippen molar-refractivity contribution in [1.29, 1.82) is 0 Å². The fraction of sp³-hybridized carbons (Fsp3) is 0.857. The van der Waals surface area contributed by atoms with E-state index < -0.39 is 5.97 Å². The van der Waals surface area contributed by atoms with E-state index in [1.165, 1.54) is 0 Å². The van der Waals surface area contributed by atoms with Gasteiger partial charge in [-0.1, -0.05) is 9.39 Å². The van der Waals surface area contributed by atoms with Gasteiger partial charge in [0.2, 0.25) is 0 Å². The van der Waals surface area contributed by atoms with Gasteiger partial charge in [0.1, 0.15) is 6.04 Å². The summed E-state index contributed by atoms with van der Waals surface area (Å²) in [6.07, 6.45) is 0.687. The van der Waals surface area contributed by atoms with Gasteiger partial charge in [-0.3, -0.25) is 9.46 Å². The van der Waals surface area contributed by atoms with Crippen LogP contribution in [0.25, 0.3) is 0 Å². The van der Waals surface area contributed by atoms with Gasteiger partial charge in [0.05, 0.1) is 6.61 Å². The van der Waals surface area contributed by atoms with Gasteiger partial charge in [-0.05, 0) is 12.3 Å². The van der Waals surface area contributed by atoms with E-state index in [1.54, 1.807) is 11.8 Å². The van der Waals surface area contributed by atoms with Crippen molar-refractivity contribution in [3.8, 4) is 0 Å². The van der Waals surface area contributed by atoms with Crippen LogP contribution in [-0.4, -0.2) is 42.0 Å². The highest BCUT2D eigenvalue weighted by Gasteiger charge is 2.34. The molecule has 1 aliphatic rings. The molecular weight excluding hydrogens is 177 g/mol. The lowest BCUT2D eigenvalue weighted by molar-refractivity contribution is -0.140. The van der Waals surface area contributed by atoms with Crippen molar-refractivity contribution in [2.24, 2.45) is 5.92 Å². The van der Waals surface area contributed by atoms with Crippen molar-refractivity contribution in [1.82, 2.24) is 4.67 Å². The molecule has 70 valence electrons. The molecule has 0 saturated carbocycles. The van der Waals surface area contributed by atoms with E-state index in [0.29, 0.717) is 18.9 Å². The lowest BCUT2D eigenvalue weighted by atomic mass is 10.1. The van der Waals surface area contributed by atoms with Gasteiger partial charge >= 0.3 is 5.97 Å². The second-order valence-corrected chi connectivity index (χ2v) is 3.77. The molecule has 4 nitrogen and oxygen atoms in total. The Morgan fingerprint density at radius 3 is 2.92 bits per heavy atom.